The molecule has 0 saturated carbocycles. The topological polar surface area (TPSA) is 175 Å². The van der Waals surface area contributed by atoms with E-state index in [-0.39, 0.29) is 23.8 Å². The van der Waals surface area contributed by atoms with Crippen LogP contribution in [0.25, 0.3) is 10.9 Å². The molecule has 2 heterocycles. The van der Waals surface area contributed by atoms with Crippen LogP contribution in [0.15, 0.2) is 23.0 Å². The van der Waals surface area contributed by atoms with Gasteiger partial charge in [0.05, 0.1) is 10.9 Å². The summed E-state index contributed by atoms with van der Waals surface area (Å²) in [6.45, 7) is 1.16. The first-order chi connectivity index (χ1) is 15.2. The van der Waals surface area contributed by atoms with E-state index in [0.29, 0.717) is 16.7 Å². The lowest BCUT2D eigenvalue weighted by Gasteiger charge is -2.21. The van der Waals surface area contributed by atoms with Crippen LogP contribution in [0, 0.1) is 16.4 Å². The second kappa shape index (κ2) is 9.86. The second-order valence-corrected chi connectivity index (χ2v) is 8.19. The van der Waals surface area contributed by atoms with Crippen molar-refractivity contribution < 1.29 is 19.2 Å². The molecule has 0 bridgehead atoms. The lowest BCUT2D eigenvalue weighted by Crippen LogP contribution is -2.59. The van der Waals surface area contributed by atoms with E-state index in [1.807, 2.05) is 16.7 Å². The molecule has 15 heteroatoms. The van der Waals surface area contributed by atoms with E-state index in [0.717, 1.165) is 3.57 Å². The molecule has 6 N–H and O–H groups in total. The van der Waals surface area contributed by atoms with Crippen molar-refractivity contribution in [2.24, 2.45) is 5.92 Å². The maximum atomic E-state index is 12.7. The van der Waals surface area contributed by atoms with Gasteiger partial charge in [-0.25, -0.2) is 14.5 Å². The van der Waals surface area contributed by atoms with Gasteiger partial charge in [-0.1, -0.05) is 0 Å². The van der Waals surface area contributed by atoms with Crippen LogP contribution in [0.1, 0.15) is 5.82 Å². The molecule has 0 atom stereocenters. The number of nitrogens with zero attached hydrogens (tertiary/aromatic N) is 2. The normalized spacial score (nSPS) is 13.9. The molecule has 0 radical (unpaired) electrons. The molecule has 13 nitrogen and oxygen atoms in total. The third-order valence-corrected chi connectivity index (χ3v) is 5.20. The van der Waals surface area contributed by atoms with Crippen LogP contribution in [0.4, 0.5) is 4.79 Å². The van der Waals surface area contributed by atoms with Gasteiger partial charge in [0, 0.05) is 10.1 Å². The molecule has 0 unspecified atom stereocenters. The van der Waals surface area contributed by atoms with Crippen LogP contribution in [-0.4, -0.2) is 51.6 Å². The number of barbiturate groups is 1. The Kier molecular flexibility index (Phi) is 7.18. The highest BCUT2D eigenvalue weighted by atomic mass is 127. The molecule has 2 aromatic rings. The van der Waals surface area contributed by atoms with E-state index in [9.17, 15) is 24.0 Å². The van der Waals surface area contributed by atoms with E-state index in [2.05, 4.69) is 49.2 Å². The number of fused-ring (bicyclic) bond motifs is 1. The number of hydrogen-bond donors (Lipinski definition) is 6. The zero-order chi connectivity index (χ0) is 23.4. The molecule has 32 heavy (non-hydrogen) atoms. The predicted molar refractivity (Wildman–Crippen MR) is 125 cm³/mol. The summed E-state index contributed by atoms with van der Waals surface area (Å²) >= 11 is 7.06. The first-order valence-electron chi connectivity index (χ1n) is 9.07. The Bertz CT molecular complexity index is 1180. The smallest absolute Gasteiger partial charge is 0.328 e. The molecular weight excluding hydrogens is 555 g/mol. The molecular formula is C17H17IN8O5S. The summed E-state index contributed by atoms with van der Waals surface area (Å²) in [6.07, 6.45) is 0. The zero-order valence-electron chi connectivity index (χ0n) is 16.4. The minimum atomic E-state index is -1.16. The van der Waals surface area contributed by atoms with Crippen molar-refractivity contribution in [1.29, 1.82) is 0 Å². The lowest BCUT2D eigenvalue weighted by atomic mass is 10.1. The quantitative estimate of drug-likeness (QED) is 0.105. The minimum absolute atomic E-state index is 0.0638. The van der Waals surface area contributed by atoms with Crippen LogP contribution < -0.4 is 37.8 Å². The van der Waals surface area contributed by atoms with E-state index in [1.165, 1.54) is 4.68 Å². The van der Waals surface area contributed by atoms with Crippen LogP contribution in [0.5, 0.6) is 0 Å². The number of aryl methyl sites for hydroxylation is 1. The number of hydrazine groups is 1. The summed E-state index contributed by atoms with van der Waals surface area (Å²) < 4.78 is 2.05. The molecule has 0 aliphatic carbocycles. The number of aromatic nitrogens is 2. The fraction of sp³-hybridized carbons (Fsp3) is 0.235. The Morgan fingerprint density at radius 2 is 1.88 bits per heavy atom. The summed E-state index contributed by atoms with van der Waals surface area (Å²) in [5, 5.41) is 6.87. The summed E-state index contributed by atoms with van der Waals surface area (Å²) in [4.78, 5) is 63.5. The SMILES string of the molecule is Cc1nc2ccc(I)cc2c(=O)n1NCC(=O)NNC(=S)NCC1C(=O)NC(=O)NC1=O. The van der Waals surface area contributed by atoms with Gasteiger partial charge in [0.15, 0.2) is 5.11 Å². The number of nitrogens with one attached hydrogen (secondary N) is 6. The van der Waals surface area contributed by atoms with Crippen molar-refractivity contribution in [3.8, 4) is 0 Å². The highest BCUT2D eigenvalue weighted by molar-refractivity contribution is 14.1. The predicted octanol–water partition coefficient (Wildman–Crippen LogP) is -1.67. The van der Waals surface area contributed by atoms with Gasteiger partial charge in [0.2, 0.25) is 11.8 Å². The minimum Gasteiger partial charge on any atom is -0.360 e. The largest absolute Gasteiger partial charge is 0.360 e. The van der Waals surface area contributed by atoms with E-state index >= 15 is 0 Å². The third-order valence-electron chi connectivity index (χ3n) is 4.28. The average Bonchev–Trinajstić information content (AvgIpc) is 2.72. The van der Waals surface area contributed by atoms with Gasteiger partial charge in [0.25, 0.3) is 11.5 Å². The van der Waals surface area contributed by atoms with Crippen LogP contribution >= 0.6 is 34.8 Å². The number of carbonyl (C=O) groups excluding carboxylic acids is 4. The van der Waals surface area contributed by atoms with Gasteiger partial charge < -0.3 is 10.7 Å². The Hall–Kier alpha value is -3.34. The Morgan fingerprint density at radius 3 is 2.56 bits per heavy atom. The highest BCUT2D eigenvalue weighted by Crippen LogP contribution is 2.12. The molecule has 1 aromatic carbocycles. The highest BCUT2D eigenvalue weighted by Gasteiger charge is 2.33. The number of thiocarbonyl (C=S) groups is 1. The first kappa shape index (κ1) is 23.3. The number of hydrogen-bond acceptors (Lipinski definition) is 8. The number of benzene rings is 1. The summed E-state index contributed by atoms with van der Waals surface area (Å²) in [5.41, 5.74) is 7.63. The van der Waals surface area contributed by atoms with Crippen LogP contribution in [-0.2, 0) is 14.4 Å². The van der Waals surface area contributed by atoms with Gasteiger partial charge >= 0.3 is 6.03 Å². The fourth-order valence-corrected chi connectivity index (χ4v) is 3.37. The fourth-order valence-electron chi connectivity index (χ4n) is 2.75. The van der Waals surface area contributed by atoms with E-state index in [4.69, 9.17) is 12.2 Å². The van der Waals surface area contributed by atoms with Crippen molar-refractivity contribution >= 4 is 74.6 Å². The Labute approximate surface area is 199 Å². The Morgan fingerprint density at radius 1 is 1.19 bits per heavy atom. The van der Waals surface area contributed by atoms with E-state index < -0.39 is 29.7 Å². The average molecular weight is 572 g/mol. The van der Waals surface area contributed by atoms with Gasteiger partial charge in [-0.2, -0.15) is 0 Å². The number of amides is 5. The number of carbonyl (C=O) groups is 4. The molecule has 1 saturated heterocycles. The van der Waals surface area contributed by atoms with Crippen LogP contribution in [0.3, 0.4) is 0 Å². The van der Waals surface area contributed by atoms with Crippen molar-refractivity contribution in [2.75, 3.05) is 18.5 Å². The van der Waals surface area contributed by atoms with Gasteiger partial charge in [-0.3, -0.25) is 40.7 Å². The van der Waals surface area contributed by atoms with Gasteiger partial charge in [0.1, 0.15) is 18.3 Å². The zero-order valence-corrected chi connectivity index (χ0v) is 19.4. The standard InChI is InChI=1S/C17H17IN8O5S/c1-7-21-11-3-2-8(18)4-9(11)15(30)26(7)20-6-12(27)24-25-17(32)19-5-10-13(28)22-16(31)23-14(10)29/h2-4,10,20H,5-6H2,1H3,(H,24,27)(H2,19,25,32)(H2,22,23,28,29,31). The van der Waals surface area contributed by atoms with Crippen molar-refractivity contribution in [2.45, 2.75) is 6.92 Å². The number of urea groups is 1. The molecule has 0 spiro atoms. The second-order valence-electron chi connectivity index (χ2n) is 6.54. The molecule has 1 aliphatic rings. The lowest BCUT2D eigenvalue weighted by molar-refractivity contribution is -0.135. The summed E-state index contributed by atoms with van der Waals surface area (Å²) in [6, 6.07) is 4.41. The number of rotatable bonds is 5. The summed E-state index contributed by atoms with van der Waals surface area (Å²) in [7, 11) is 0. The van der Waals surface area contributed by atoms with Gasteiger partial charge in [-0.15, -0.1) is 0 Å². The van der Waals surface area contributed by atoms with E-state index in [1.54, 1.807) is 19.1 Å². The molecule has 1 aliphatic heterocycles. The molecule has 1 fully saturated rings. The molecule has 1 aromatic heterocycles. The first-order valence-corrected chi connectivity index (χ1v) is 10.6. The Balaban J connectivity index is 1.50. The number of halogens is 1. The molecule has 3 rings (SSSR count). The van der Waals surface area contributed by atoms with Crippen molar-refractivity contribution in [1.82, 2.24) is 36.5 Å². The maximum Gasteiger partial charge on any atom is 0.328 e. The number of imide groups is 2. The van der Waals surface area contributed by atoms with Crippen molar-refractivity contribution in [3.05, 3.63) is 37.9 Å². The van der Waals surface area contributed by atoms with Gasteiger partial charge in [-0.05, 0) is 59.9 Å². The monoisotopic (exact) mass is 572 g/mol. The molecule has 5 amide bonds. The maximum absolute atomic E-state index is 12.7. The third kappa shape index (κ3) is 5.47. The van der Waals surface area contributed by atoms with Crippen molar-refractivity contribution in [3.63, 3.8) is 0 Å². The summed E-state index contributed by atoms with van der Waals surface area (Å²) in [5.74, 6) is -2.86. The molecule has 168 valence electrons. The van der Waals surface area contributed by atoms with Crippen LogP contribution in [0.2, 0.25) is 0 Å².